The maximum Gasteiger partial charge on any atom is 0.335 e. The Bertz CT molecular complexity index is 1000. The molecule has 1 fully saturated rings. The quantitative estimate of drug-likeness (QED) is 0.788. The van der Waals surface area contributed by atoms with Crippen molar-refractivity contribution in [1.29, 1.82) is 0 Å². The van der Waals surface area contributed by atoms with E-state index < -0.39 is 16.0 Å². The number of carboxylic acids is 1. The molecule has 0 aliphatic carbocycles. The number of piperidine rings is 1. The maximum atomic E-state index is 13.0. The number of anilines is 2. The van der Waals surface area contributed by atoms with E-state index in [1.807, 2.05) is 13.8 Å². The number of aromatic carboxylic acids is 1. The monoisotopic (exact) mass is 402 g/mol. The number of nitrogens with zero attached hydrogens (tertiary/aromatic N) is 1. The summed E-state index contributed by atoms with van der Waals surface area (Å²) >= 11 is 0. The molecule has 2 aromatic rings. The molecule has 3 rings (SSSR count). The van der Waals surface area contributed by atoms with E-state index in [-0.39, 0.29) is 10.5 Å². The van der Waals surface area contributed by atoms with Crippen LogP contribution < -0.4 is 9.62 Å². The number of sulfonamides is 1. The molecule has 6 nitrogen and oxygen atoms in total. The molecule has 1 aliphatic heterocycles. The van der Waals surface area contributed by atoms with Gasteiger partial charge in [0.1, 0.15) is 0 Å². The Morgan fingerprint density at radius 3 is 2.54 bits per heavy atom. The predicted octanol–water partition coefficient (Wildman–Crippen LogP) is 4.04. The molecule has 0 amide bonds. The first kappa shape index (κ1) is 20.2. The summed E-state index contributed by atoms with van der Waals surface area (Å²) < 4.78 is 28.6. The second-order valence-electron chi connectivity index (χ2n) is 7.58. The molecule has 0 spiro atoms. The molecular formula is C21H26N2O4S. The molecule has 0 unspecified atom stereocenters. The van der Waals surface area contributed by atoms with Gasteiger partial charge in [0.2, 0.25) is 0 Å². The Hall–Kier alpha value is -2.54. The van der Waals surface area contributed by atoms with Crippen molar-refractivity contribution in [3.05, 3.63) is 53.1 Å². The van der Waals surface area contributed by atoms with Gasteiger partial charge in [0.05, 0.1) is 21.8 Å². The van der Waals surface area contributed by atoms with Crippen molar-refractivity contribution in [2.75, 3.05) is 22.7 Å². The van der Waals surface area contributed by atoms with Gasteiger partial charge in [0.25, 0.3) is 10.0 Å². The lowest BCUT2D eigenvalue weighted by molar-refractivity contribution is 0.0697. The highest BCUT2D eigenvalue weighted by molar-refractivity contribution is 7.92. The minimum atomic E-state index is -3.84. The van der Waals surface area contributed by atoms with E-state index in [0.717, 1.165) is 37.1 Å². The van der Waals surface area contributed by atoms with Crippen molar-refractivity contribution in [3.8, 4) is 0 Å². The summed E-state index contributed by atoms with van der Waals surface area (Å²) in [6.45, 7) is 7.57. The van der Waals surface area contributed by atoms with Crippen LogP contribution in [0.2, 0.25) is 0 Å². The molecule has 1 atom stereocenters. The molecular weight excluding hydrogens is 376 g/mol. The molecule has 7 heteroatoms. The summed E-state index contributed by atoms with van der Waals surface area (Å²) in [5.41, 5.74) is 2.95. The summed E-state index contributed by atoms with van der Waals surface area (Å²) in [6, 6.07) is 9.57. The van der Waals surface area contributed by atoms with Gasteiger partial charge in [-0.1, -0.05) is 13.0 Å². The smallest absolute Gasteiger partial charge is 0.335 e. The first-order valence-corrected chi connectivity index (χ1v) is 10.9. The van der Waals surface area contributed by atoms with Crippen LogP contribution in [0.3, 0.4) is 0 Å². The number of aryl methyl sites for hydroxylation is 2. The normalized spacial score (nSPS) is 17.4. The van der Waals surface area contributed by atoms with Gasteiger partial charge < -0.3 is 10.0 Å². The fourth-order valence-corrected chi connectivity index (χ4v) is 4.67. The lowest BCUT2D eigenvalue weighted by Gasteiger charge is -2.34. The summed E-state index contributed by atoms with van der Waals surface area (Å²) in [4.78, 5) is 13.7. The van der Waals surface area contributed by atoms with Crippen molar-refractivity contribution in [1.82, 2.24) is 0 Å². The molecule has 28 heavy (non-hydrogen) atoms. The molecule has 150 valence electrons. The number of rotatable bonds is 5. The highest BCUT2D eigenvalue weighted by Gasteiger charge is 2.23. The van der Waals surface area contributed by atoms with Gasteiger partial charge in [0.15, 0.2) is 0 Å². The highest BCUT2D eigenvalue weighted by atomic mass is 32.2. The van der Waals surface area contributed by atoms with Crippen LogP contribution in [0.1, 0.15) is 41.3 Å². The topological polar surface area (TPSA) is 86.7 Å². The summed E-state index contributed by atoms with van der Waals surface area (Å²) in [6.07, 6.45) is 2.15. The van der Waals surface area contributed by atoms with E-state index in [0.29, 0.717) is 17.3 Å². The van der Waals surface area contributed by atoms with E-state index >= 15 is 0 Å². The van der Waals surface area contributed by atoms with Crippen LogP contribution in [0.4, 0.5) is 11.4 Å². The third-order valence-electron chi connectivity index (χ3n) is 5.27. The van der Waals surface area contributed by atoms with Crippen LogP contribution in [0, 0.1) is 19.8 Å². The van der Waals surface area contributed by atoms with E-state index in [4.69, 9.17) is 0 Å². The minimum Gasteiger partial charge on any atom is -0.478 e. The fourth-order valence-electron chi connectivity index (χ4n) is 3.52. The van der Waals surface area contributed by atoms with E-state index in [9.17, 15) is 18.3 Å². The fraction of sp³-hybridized carbons (Fsp3) is 0.381. The average Bonchev–Trinajstić information content (AvgIpc) is 2.63. The predicted molar refractivity (Wildman–Crippen MR) is 111 cm³/mol. The standard InChI is InChI=1S/C21H26N2O4S/c1-14-5-4-10-23(13-14)20-9-7-17(21(24)25)12-19(20)22-28(26,27)18-8-6-15(2)16(3)11-18/h6-9,11-12,14,22H,4-5,10,13H2,1-3H3,(H,24,25)/t14-/m0/s1. The lowest BCUT2D eigenvalue weighted by atomic mass is 9.99. The first-order chi connectivity index (χ1) is 13.2. The molecule has 0 radical (unpaired) electrons. The second-order valence-corrected chi connectivity index (χ2v) is 9.26. The van der Waals surface area contributed by atoms with Crippen LogP contribution in [-0.2, 0) is 10.0 Å². The number of carboxylic acid groups (broad SMARTS) is 1. The molecule has 1 saturated heterocycles. The maximum absolute atomic E-state index is 13.0. The largest absolute Gasteiger partial charge is 0.478 e. The average molecular weight is 403 g/mol. The van der Waals surface area contributed by atoms with Gasteiger partial charge in [-0.3, -0.25) is 4.72 Å². The third kappa shape index (κ3) is 4.30. The van der Waals surface area contributed by atoms with Crippen molar-refractivity contribution in [3.63, 3.8) is 0 Å². The zero-order valence-electron chi connectivity index (χ0n) is 16.4. The molecule has 2 N–H and O–H groups in total. The molecule has 0 aromatic heterocycles. The van der Waals surface area contributed by atoms with Crippen LogP contribution in [0.25, 0.3) is 0 Å². The van der Waals surface area contributed by atoms with E-state index in [1.54, 1.807) is 24.3 Å². The van der Waals surface area contributed by atoms with Crippen molar-refractivity contribution < 1.29 is 18.3 Å². The molecule has 0 saturated carbocycles. The van der Waals surface area contributed by atoms with E-state index in [2.05, 4.69) is 16.5 Å². The van der Waals surface area contributed by atoms with Gasteiger partial charge >= 0.3 is 5.97 Å². The van der Waals surface area contributed by atoms with Gasteiger partial charge in [-0.15, -0.1) is 0 Å². The number of benzene rings is 2. The van der Waals surface area contributed by atoms with Crippen LogP contribution in [-0.4, -0.2) is 32.6 Å². The first-order valence-electron chi connectivity index (χ1n) is 9.40. The Labute approximate surface area is 166 Å². The van der Waals surface area contributed by atoms with E-state index in [1.165, 1.54) is 12.1 Å². The molecule has 2 aromatic carbocycles. The third-order valence-corrected chi connectivity index (χ3v) is 6.64. The van der Waals surface area contributed by atoms with Crippen LogP contribution >= 0.6 is 0 Å². The minimum absolute atomic E-state index is 0.0478. The van der Waals surface area contributed by atoms with Crippen LogP contribution in [0.5, 0.6) is 0 Å². The van der Waals surface area contributed by atoms with Gasteiger partial charge in [-0.25, -0.2) is 13.2 Å². The number of hydrogen-bond acceptors (Lipinski definition) is 4. The van der Waals surface area contributed by atoms with Gasteiger partial charge in [-0.05, 0) is 74.1 Å². The van der Waals surface area contributed by atoms with Crippen LogP contribution in [0.15, 0.2) is 41.3 Å². The summed E-state index contributed by atoms with van der Waals surface area (Å²) in [5.74, 6) is -0.595. The van der Waals surface area contributed by atoms with Gasteiger partial charge in [-0.2, -0.15) is 0 Å². The van der Waals surface area contributed by atoms with Gasteiger partial charge in [0, 0.05) is 13.1 Å². The Kier molecular flexibility index (Phi) is 5.65. The Morgan fingerprint density at radius 1 is 1.14 bits per heavy atom. The molecule has 1 heterocycles. The second kappa shape index (κ2) is 7.83. The SMILES string of the molecule is Cc1ccc(S(=O)(=O)Nc2cc(C(=O)O)ccc2N2CCC[C@H](C)C2)cc1C. The summed E-state index contributed by atoms with van der Waals surface area (Å²) in [5, 5.41) is 9.34. The Balaban J connectivity index is 2.01. The lowest BCUT2D eigenvalue weighted by Crippen LogP contribution is -2.35. The zero-order valence-corrected chi connectivity index (χ0v) is 17.2. The van der Waals surface area contributed by atoms with Crippen molar-refractivity contribution in [2.24, 2.45) is 5.92 Å². The highest BCUT2D eigenvalue weighted by Crippen LogP contribution is 2.32. The zero-order chi connectivity index (χ0) is 20.5. The molecule has 0 bridgehead atoms. The molecule has 1 aliphatic rings. The van der Waals surface area contributed by atoms with Crippen molar-refractivity contribution in [2.45, 2.75) is 38.5 Å². The Morgan fingerprint density at radius 2 is 1.89 bits per heavy atom. The summed E-state index contributed by atoms with van der Waals surface area (Å²) in [7, 11) is -3.84. The number of hydrogen-bond donors (Lipinski definition) is 2. The number of nitrogens with one attached hydrogen (secondary N) is 1. The number of carbonyl (C=O) groups is 1. The van der Waals surface area contributed by atoms with Crippen molar-refractivity contribution >= 4 is 27.4 Å².